The summed E-state index contributed by atoms with van der Waals surface area (Å²) < 4.78 is 40.2. The van der Waals surface area contributed by atoms with Gasteiger partial charge in [-0.05, 0) is 53.9 Å². The number of carbonyl (C=O) groups is 1. The Labute approximate surface area is 184 Å². The minimum atomic E-state index is -4.45. The maximum Gasteiger partial charge on any atom is 0.338 e. The van der Waals surface area contributed by atoms with Gasteiger partial charge in [-0.2, -0.15) is 0 Å². The van der Waals surface area contributed by atoms with Crippen molar-refractivity contribution < 1.29 is 22.5 Å². The Hall–Kier alpha value is -3.59. The second-order valence-corrected chi connectivity index (χ2v) is 9.48. The largest absolute Gasteiger partial charge is 0.338 e. The predicted molar refractivity (Wildman–Crippen MR) is 115 cm³/mol. The summed E-state index contributed by atoms with van der Waals surface area (Å²) in [6, 6.07) is 17.4. The highest BCUT2D eigenvalue weighted by molar-refractivity contribution is 7.91. The van der Waals surface area contributed by atoms with Crippen molar-refractivity contribution in [2.45, 2.75) is 22.7 Å². The van der Waals surface area contributed by atoms with Gasteiger partial charge in [-0.1, -0.05) is 42.5 Å². The monoisotopic (exact) mass is 454 g/mol. The van der Waals surface area contributed by atoms with E-state index < -0.39 is 37.9 Å². The first-order valence-corrected chi connectivity index (χ1v) is 11.4. The second-order valence-electron chi connectivity index (χ2n) is 7.43. The molecule has 3 aromatic carbocycles. The van der Waals surface area contributed by atoms with Crippen molar-refractivity contribution in [1.82, 2.24) is 4.90 Å². The van der Waals surface area contributed by atoms with Crippen LogP contribution < -0.4 is 0 Å². The highest BCUT2D eigenvalue weighted by Gasteiger charge is 2.51. The summed E-state index contributed by atoms with van der Waals surface area (Å²) >= 11 is 0. The molecule has 0 aliphatic carbocycles. The third-order valence-corrected chi connectivity index (χ3v) is 7.55. The first kappa shape index (κ1) is 21.6. The molecule has 7 nitrogen and oxygen atoms in total. The molecule has 1 amide bonds. The molecule has 32 heavy (non-hydrogen) atoms. The lowest BCUT2D eigenvalue weighted by molar-refractivity contribution is -0.505. The fraction of sp³-hybridized carbons (Fsp3) is 0.174. The van der Waals surface area contributed by atoms with E-state index in [2.05, 4.69) is 0 Å². The number of rotatable bonds is 5. The van der Waals surface area contributed by atoms with E-state index in [9.17, 15) is 27.7 Å². The molecule has 0 N–H and O–H groups in total. The fourth-order valence-electron chi connectivity index (χ4n) is 4.04. The summed E-state index contributed by atoms with van der Waals surface area (Å²) in [4.78, 5) is 25.7. The zero-order chi connectivity index (χ0) is 22.9. The predicted octanol–water partition coefficient (Wildman–Crippen LogP) is 3.64. The Morgan fingerprint density at radius 2 is 1.62 bits per heavy atom. The van der Waals surface area contributed by atoms with Gasteiger partial charge in [0, 0.05) is 17.0 Å². The number of sulfone groups is 1. The minimum Gasteiger partial charge on any atom is -0.323 e. The summed E-state index contributed by atoms with van der Waals surface area (Å²) in [7, 11) is -4.45. The molecular formula is C23H19FN2O5S. The molecule has 164 valence electrons. The number of carbonyl (C=O) groups excluding carboxylic acids is 1. The Morgan fingerprint density at radius 1 is 1.00 bits per heavy atom. The van der Waals surface area contributed by atoms with Crippen LogP contribution in [-0.4, -0.2) is 36.1 Å². The second kappa shape index (κ2) is 8.51. The normalized spacial score (nSPS) is 16.8. The van der Waals surface area contributed by atoms with Gasteiger partial charge in [-0.25, -0.2) is 12.8 Å². The number of halogens is 1. The number of hydrogen-bond donors (Lipinski definition) is 0. The molecule has 4 rings (SSSR count). The molecule has 3 aromatic rings. The Balaban J connectivity index is 1.87. The maximum absolute atomic E-state index is 13.4. The Kier molecular flexibility index (Phi) is 5.75. The molecule has 0 bridgehead atoms. The molecule has 9 heteroatoms. The SMILES string of the molecule is O=C(c1ccc(F)cc1)N1CCc2ccccc2[C@H]1[C@H]([N+](=O)[O-])S(=O)(=O)c1ccccc1. The fourth-order valence-corrected chi connectivity index (χ4v) is 5.71. The molecule has 0 radical (unpaired) electrons. The van der Waals surface area contributed by atoms with E-state index in [1.165, 1.54) is 41.3 Å². The van der Waals surface area contributed by atoms with E-state index in [0.717, 1.165) is 17.7 Å². The first-order chi connectivity index (χ1) is 15.3. The highest BCUT2D eigenvalue weighted by atomic mass is 32.2. The van der Waals surface area contributed by atoms with Gasteiger partial charge in [-0.15, -0.1) is 0 Å². The van der Waals surface area contributed by atoms with Crippen molar-refractivity contribution in [3.8, 4) is 0 Å². The third kappa shape index (κ3) is 3.87. The Bertz CT molecular complexity index is 1260. The van der Waals surface area contributed by atoms with Gasteiger partial charge in [0.25, 0.3) is 5.91 Å². The average molecular weight is 454 g/mol. The van der Waals surface area contributed by atoms with Crippen LogP contribution in [0.3, 0.4) is 0 Å². The molecule has 0 aromatic heterocycles. The third-order valence-electron chi connectivity index (χ3n) is 5.55. The number of nitrogens with zero attached hydrogens (tertiary/aromatic N) is 2. The number of nitro groups is 1. The summed E-state index contributed by atoms with van der Waals surface area (Å²) in [5.74, 6) is -1.13. The van der Waals surface area contributed by atoms with Crippen LogP contribution in [0.25, 0.3) is 0 Å². The van der Waals surface area contributed by atoms with E-state index in [-0.39, 0.29) is 17.0 Å². The molecule has 1 aliphatic rings. The van der Waals surface area contributed by atoms with Gasteiger partial charge in [0.1, 0.15) is 11.9 Å². The van der Waals surface area contributed by atoms with Gasteiger partial charge < -0.3 is 4.90 Å². The van der Waals surface area contributed by atoms with Crippen molar-refractivity contribution in [3.63, 3.8) is 0 Å². The van der Waals surface area contributed by atoms with Crippen molar-refractivity contribution >= 4 is 15.7 Å². The van der Waals surface area contributed by atoms with Crippen LogP contribution >= 0.6 is 0 Å². The van der Waals surface area contributed by atoms with Crippen molar-refractivity contribution in [3.05, 3.63) is 111 Å². The summed E-state index contributed by atoms with van der Waals surface area (Å²) in [6.45, 7) is 0.0898. The van der Waals surface area contributed by atoms with Crippen LogP contribution in [0, 0.1) is 15.9 Å². The van der Waals surface area contributed by atoms with E-state index in [1.54, 1.807) is 30.3 Å². The summed E-state index contributed by atoms with van der Waals surface area (Å²) in [5.41, 5.74) is 1.28. The van der Waals surface area contributed by atoms with E-state index >= 15 is 0 Å². The molecule has 1 aliphatic heterocycles. The lowest BCUT2D eigenvalue weighted by atomic mass is 9.91. The van der Waals surface area contributed by atoms with Crippen LogP contribution in [0.1, 0.15) is 27.5 Å². The molecule has 0 saturated heterocycles. The van der Waals surface area contributed by atoms with Gasteiger partial charge >= 0.3 is 5.37 Å². The maximum atomic E-state index is 13.4. The number of amides is 1. The van der Waals surface area contributed by atoms with Crippen molar-refractivity contribution in [2.24, 2.45) is 0 Å². The van der Waals surface area contributed by atoms with Gasteiger partial charge in [0.15, 0.2) is 0 Å². The zero-order valence-electron chi connectivity index (χ0n) is 16.8. The highest BCUT2D eigenvalue weighted by Crippen LogP contribution is 2.38. The van der Waals surface area contributed by atoms with Gasteiger partial charge in [-0.3, -0.25) is 14.9 Å². The van der Waals surface area contributed by atoms with E-state index in [4.69, 9.17) is 0 Å². The molecule has 0 spiro atoms. The van der Waals surface area contributed by atoms with Gasteiger partial charge in [0.2, 0.25) is 9.84 Å². The van der Waals surface area contributed by atoms with Crippen LogP contribution in [-0.2, 0) is 16.3 Å². The first-order valence-electron chi connectivity index (χ1n) is 9.87. The lowest BCUT2D eigenvalue weighted by Gasteiger charge is -2.38. The topological polar surface area (TPSA) is 97.6 Å². The lowest BCUT2D eigenvalue weighted by Crippen LogP contribution is -2.50. The smallest absolute Gasteiger partial charge is 0.323 e. The molecule has 0 fully saturated rings. The zero-order valence-corrected chi connectivity index (χ0v) is 17.6. The standard InChI is InChI=1S/C23H19FN2O5S/c24-18-12-10-17(11-13-18)22(27)25-15-14-16-6-4-5-9-20(16)21(25)23(26(28)29)32(30,31)19-7-2-1-3-8-19/h1-13,21,23H,14-15H2/t21-,23+/m0/s1. The average Bonchev–Trinajstić information content (AvgIpc) is 2.79. The molecule has 0 unspecified atom stereocenters. The Morgan fingerprint density at radius 3 is 2.28 bits per heavy atom. The summed E-state index contributed by atoms with van der Waals surface area (Å²) in [6.07, 6.45) is 0.412. The van der Waals surface area contributed by atoms with E-state index in [0.29, 0.717) is 12.0 Å². The minimum absolute atomic E-state index is 0.0898. The quantitative estimate of drug-likeness (QED) is 0.433. The van der Waals surface area contributed by atoms with E-state index in [1.807, 2.05) is 0 Å². The molecular weight excluding hydrogens is 435 g/mol. The molecule has 0 saturated carbocycles. The number of benzene rings is 3. The van der Waals surface area contributed by atoms with Crippen LogP contribution in [0.15, 0.2) is 83.8 Å². The number of fused-ring (bicyclic) bond motifs is 1. The van der Waals surface area contributed by atoms with Crippen LogP contribution in [0.4, 0.5) is 4.39 Å². The number of hydrogen-bond acceptors (Lipinski definition) is 5. The summed E-state index contributed by atoms with van der Waals surface area (Å²) in [5, 5.41) is 10.1. The van der Waals surface area contributed by atoms with Crippen LogP contribution in [0.5, 0.6) is 0 Å². The molecule has 2 atom stereocenters. The van der Waals surface area contributed by atoms with Crippen molar-refractivity contribution in [1.29, 1.82) is 0 Å². The molecule has 1 heterocycles. The van der Waals surface area contributed by atoms with Crippen LogP contribution in [0.2, 0.25) is 0 Å². The van der Waals surface area contributed by atoms with Crippen molar-refractivity contribution in [2.75, 3.05) is 6.54 Å². The van der Waals surface area contributed by atoms with Gasteiger partial charge in [0.05, 0.1) is 4.90 Å².